The SMILES string of the molecule is COc1cccc(OCC(=O)NCC2(OC)Cc3ccccc3C2)c1. The zero-order valence-electron chi connectivity index (χ0n) is 14.6. The summed E-state index contributed by atoms with van der Waals surface area (Å²) in [4.78, 5) is 12.1. The summed E-state index contributed by atoms with van der Waals surface area (Å²) in [5.41, 5.74) is 2.19. The van der Waals surface area contributed by atoms with Gasteiger partial charge in [-0.15, -0.1) is 0 Å². The third-order valence-electron chi connectivity index (χ3n) is 4.60. The van der Waals surface area contributed by atoms with Crippen LogP contribution in [0, 0.1) is 0 Å². The predicted molar refractivity (Wildman–Crippen MR) is 95.1 cm³/mol. The summed E-state index contributed by atoms with van der Waals surface area (Å²) in [5.74, 6) is 1.12. The fourth-order valence-corrected chi connectivity index (χ4v) is 3.15. The Morgan fingerprint density at radius 3 is 2.36 bits per heavy atom. The van der Waals surface area contributed by atoms with Gasteiger partial charge >= 0.3 is 0 Å². The largest absolute Gasteiger partial charge is 0.497 e. The third-order valence-corrected chi connectivity index (χ3v) is 4.60. The van der Waals surface area contributed by atoms with Crippen molar-refractivity contribution in [2.75, 3.05) is 27.4 Å². The Morgan fingerprint density at radius 2 is 1.72 bits per heavy atom. The van der Waals surface area contributed by atoms with Crippen LogP contribution in [-0.4, -0.2) is 38.9 Å². The fourth-order valence-electron chi connectivity index (χ4n) is 3.15. The van der Waals surface area contributed by atoms with Crippen LogP contribution in [0.2, 0.25) is 0 Å². The standard InChI is InChI=1S/C20H23NO4/c1-23-17-8-5-9-18(10-17)25-13-19(22)21-14-20(24-2)11-15-6-3-4-7-16(15)12-20/h3-10H,11-14H2,1-2H3,(H,21,22). The smallest absolute Gasteiger partial charge is 0.258 e. The van der Waals surface area contributed by atoms with E-state index in [1.807, 2.05) is 24.3 Å². The van der Waals surface area contributed by atoms with Crippen molar-refractivity contribution in [2.45, 2.75) is 18.4 Å². The van der Waals surface area contributed by atoms with E-state index in [1.165, 1.54) is 11.1 Å². The van der Waals surface area contributed by atoms with Gasteiger partial charge in [0.25, 0.3) is 5.91 Å². The van der Waals surface area contributed by atoms with Gasteiger partial charge in [0.2, 0.25) is 0 Å². The first-order chi connectivity index (χ1) is 12.1. The first-order valence-electron chi connectivity index (χ1n) is 8.30. The molecule has 0 radical (unpaired) electrons. The van der Waals surface area contributed by atoms with Crippen molar-refractivity contribution in [1.29, 1.82) is 0 Å². The number of carbonyl (C=O) groups excluding carboxylic acids is 1. The monoisotopic (exact) mass is 341 g/mol. The van der Waals surface area contributed by atoms with Gasteiger partial charge in [0, 0.05) is 32.6 Å². The Labute approximate surface area is 147 Å². The van der Waals surface area contributed by atoms with E-state index in [4.69, 9.17) is 14.2 Å². The summed E-state index contributed by atoms with van der Waals surface area (Å²) in [6.45, 7) is 0.415. The molecular weight excluding hydrogens is 318 g/mol. The predicted octanol–water partition coefficient (Wildman–Crippen LogP) is 2.37. The van der Waals surface area contributed by atoms with E-state index in [2.05, 4.69) is 17.4 Å². The Balaban J connectivity index is 1.51. The van der Waals surface area contributed by atoms with Gasteiger partial charge in [0.15, 0.2) is 6.61 Å². The van der Waals surface area contributed by atoms with E-state index in [1.54, 1.807) is 26.4 Å². The molecule has 0 bridgehead atoms. The van der Waals surface area contributed by atoms with Crippen molar-refractivity contribution in [3.63, 3.8) is 0 Å². The van der Waals surface area contributed by atoms with Crippen molar-refractivity contribution in [3.05, 3.63) is 59.7 Å². The number of hydrogen-bond donors (Lipinski definition) is 1. The van der Waals surface area contributed by atoms with Gasteiger partial charge in [-0.1, -0.05) is 30.3 Å². The van der Waals surface area contributed by atoms with Crippen LogP contribution in [0.3, 0.4) is 0 Å². The highest BCUT2D eigenvalue weighted by atomic mass is 16.5. The molecule has 5 heteroatoms. The van der Waals surface area contributed by atoms with Gasteiger partial charge < -0.3 is 19.5 Å². The van der Waals surface area contributed by atoms with E-state index in [9.17, 15) is 4.79 Å². The number of amides is 1. The second-order valence-electron chi connectivity index (χ2n) is 6.25. The van der Waals surface area contributed by atoms with E-state index in [0.717, 1.165) is 12.8 Å². The summed E-state index contributed by atoms with van der Waals surface area (Å²) in [6, 6.07) is 15.5. The molecule has 25 heavy (non-hydrogen) atoms. The van der Waals surface area contributed by atoms with Crippen LogP contribution in [-0.2, 0) is 22.4 Å². The van der Waals surface area contributed by atoms with Gasteiger partial charge in [-0.05, 0) is 23.3 Å². The molecule has 0 atom stereocenters. The van der Waals surface area contributed by atoms with Crippen LogP contribution < -0.4 is 14.8 Å². The number of methoxy groups -OCH3 is 2. The molecule has 2 aromatic rings. The van der Waals surface area contributed by atoms with E-state index >= 15 is 0 Å². The summed E-state index contributed by atoms with van der Waals surface area (Å²) >= 11 is 0. The first-order valence-corrected chi connectivity index (χ1v) is 8.30. The van der Waals surface area contributed by atoms with Gasteiger partial charge in [-0.2, -0.15) is 0 Å². The second-order valence-corrected chi connectivity index (χ2v) is 6.25. The van der Waals surface area contributed by atoms with Crippen LogP contribution >= 0.6 is 0 Å². The molecule has 1 amide bonds. The number of hydrogen-bond acceptors (Lipinski definition) is 4. The summed E-state index contributed by atoms with van der Waals surface area (Å²) in [5, 5.41) is 2.93. The summed E-state index contributed by atoms with van der Waals surface area (Å²) in [7, 11) is 3.29. The lowest BCUT2D eigenvalue weighted by Crippen LogP contribution is -2.46. The molecule has 0 fully saturated rings. The lowest BCUT2D eigenvalue weighted by Gasteiger charge is -2.27. The Bertz CT molecular complexity index is 719. The zero-order valence-corrected chi connectivity index (χ0v) is 14.6. The minimum absolute atomic E-state index is 0.0418. The van der Waals surface area contributed by atoms with Crippen molar-refractivity contribution < 1.29 is 19.0 Å². The number of nitrogens with one attached hydrogen (secondary N) is 1. The van der Waals surface area contributed by atoms with Crippen molar-refractivity contribution in [2.24, 2.45) is 0 Å². The molecule has 0 heterocycles. The number of benzene rings is 2. The maximum atomic E-state index is 12.1. The summed E-state index contributed by atoms with van der Waals surface area (Å²) in [6.07, 6.45) is 1.60. The molecule has 2 aromatic carbocycles. The lowest BCUT2D eigenvalue weighted by molar-refractivity contribution is -0.124. The van der Waals surface area contributed by atoms with E-state index in [0.29, 0.717) is 18.0 Å². The normalized spacial score (nSPS) is 14.6. The molecule has 0 spiro atoms. The molecule has 1 aliphatic carbocycles. The van der Waals surface area contributed by atoms with Gasteiger partial charge in [0.1, 0.15) is 11.5 Å². The minimum atomic E-state index is -0.380. The van der Waals surface area contributed by atoms with Crippen LogP contribution in [0.15, 0.2) is 48.5 Å². The molecule has 0 aliphatic heterocycles. The maximum absolute atomic E-state index is 12.1. The first kappa shape index (κ1) is 17.3. The Morgan fingerprint density at radius 1 is 1.04 bits per heavy atom. The Kier molecular flexibility index (Phi) is 5.24. The van der Waals surface area contributed by atoms with Gasteiger partial charge in [0.05, 0.1) is 12.7 Å². The van der Waals surface area contributed by atoms with Crippen LogP contribution in [0.25, 0.3) is 0 Å². The average molecular weight is 341 g/mol. The average Bonchev–Trinajstić information content (AvgIpc) is 3.04. The highest BCUT2D eigenvalue weighted by molar-refractivity contribution is 5.77. The van der Waals surface area contributed by atoms with Gasteiger partial charge in [-0.3, -0.25) is 4.79 Å². The Hall–Kier alpha value is -2.53. The molecule has 0 unspecified atom stereocenters. The molecule has 132 valence electrons. The highest BCUT2D eigenvalue weighted by Crippen LogP contribution is 2.32. The molecule has 3 rings (SSSR count). The summed E-state index contributed by atoms with van der Waals surface area (Å²) < 4.78 is 16.4. The molecule has 0 aromatic heterocycles. The maximum Gasteiger partial charge on any atom is 0.258 e. The quantitative estimate of drug-likeness (QED) is 0.840. The van der Waals surface area contributed by atoms with Gasteiger partial charge in [-0.25, -0.2) is 0 Å². The topological polar surface area (TPSA) is 56.8 Å². The van der Waals surface area contributed by atoms with E-state index < -0.39 is 0 Å². The molecule has 1 aliphatic rings. The van der Waals surface area contributed by atoms with Crippen LogP contribution in [0.4, 0.5) is 0 Å². The van der Waals surface area contributed by atoms with Crippen molar-refractivity contribution >= 4 is 5.91 Å². The minimum Gasteiger partial charge on any atom is -0.497 e. The number of carbonyl (C=O) groups is 1. The fraction of sp³-hybridized carbons (Fsp3) is 0.350. The lowest BCUT2D eigenvalue weighted by atomic mass is 10.00. The second kappa shape index (κ2) is 7.57. The third kappa shape index (κ3) is 4.12. The molecule has 5 nitrogen and oxygen atoms in total. The highest BCUT2D eigenvalue weighted by Gasteiger charge is 2.37. The van der Waals surface area contributed by atoms with Crippen molar-refractivity contribution in [3.8, 4) is 11.5 Å². The van der Waals surface area contributed by atoms with E-state index in [-0.39, 0.29) is 18.1 Å². The molecule has 0 saturated carbocycles. The number of fused-ring (bicyclic) bond motifs is 1. The van der Waals surface area contributed by atoms with Crippen molar-refractivity contribution in [1.82, 2.24) is 5.32 Å². The van der Waals surface area contributed by atoms with Crippen LogP contribution in [0.1, 0.15) is 11.1 Å². The molecule has 1 N–H and O–H groups in total. The zero-order chi connectivity index (χ0) is 17.7. The number of rotatable bonds is 7. The number of ether oxygens (including phenoxy) is 3. The molecular formula is C20H23NO4. The van der Waals surface area contributed by atoms with Crippen LogP contribution in [0.5, 0.6) is 11.5 Å². The molecule has 0 saturated heterocycles.